The van der Waals surface area contributed by atoms with E-state index < -0.39 is 0 Å². The summed E-state index contributed by atoms with van der Waals surface area (Å²) >= 11 is 0. The summed E-state index contributed by atoms with van der Waals surface area (Å²) in [4.78, 5) is 14.7. The topological polar surface area (TPSA) is 44.4 Å². The Morgan fingerprint density at radius 1 is 1.19 bits per heavy atom. The van der Waals surface area contributed by atoms with Crippen LogP contribution < -0.4 is 10.6 Å². The highest BCUT2D eigenvalue weighted by Gasteiger charge is 2.29. The van der Waals surface area contributed by atoms with Crippen LogP contribution in [0.2, 0.25) is 0 Å². The molecular weight excluding hydrogens is 262 g/mol. The molecule has 4 heteroatoms. The first-order chi connectivity index (χ1) is 9.91. The molecular formula is C17H35N3O. The lowest BCUT2D eigenvalue weighted by Crippen LogP contribution is -2.55. The third-order valence-corrected chi connectivity index (χ3v) is 4.33. The Kier molecular flexibility index (Phi) is 8.27. The number of nitrogens with zero attached hydrogens (tertiary/aromatic N) is 1. The van der Waals surface area contributed by atoms with E-state index in [1.165, 1.54) is 19.3 Å². The zero-order valence-corrected chi connectivity index (χ0v) is 14.6. The number of rotatable bonds is 8. The maximum atomic E-state index is 12.3. The molecule has 2 unspecified atom stereocenters. The lowest BCUT2D eigenvalue weighted by Gasteiger charge is -2.39. The van der Waals surface area contributed by atoms with Gasteiger partial charge in [-0.2, -0.15) is 0 Å². The van der Waals surface area contributed by atoms with E-state index in [1.807, 2.05) is 0 Å². The first-order valence-corrected chi connectivity index (χ1v) is 8.68. The lowest BCUT2D eigenvalue weighted by atomic mass is 9.99. The second-order valence-electron chi connectivity index (χ2n) is 7.10. The van der Waals surface area contributed by atoms with Gasteiger partial charge in [0.1, 0.15) is 0 Å². The molecule has 0 aromatic rings. The van der Waals surface area contributed by atoms with Gasteiger partial charge in [-0.05, 0) is 38.6 Å². The Balaban J connectivity index is 2.47. The molecule has 4 nitrogen and oxygen atoms in total. The second-order valence-corrected chi connectivity index (χ2v) is 7.10. The number of hydrogen-bond donors (Lipinski definition) is 2. The van der Waals surface area contributed by atoms with Crippen molar-refractivity contribution in [3.8, 4) is 0 Å². The third kappa shape index (κ3) is 6.79. The quantitative estimate of drug-likeness (QED) is 0.723. The van der Waals surface area contributed by atoms with Crippen LogP contribution in [0.15, 0.2) is 0 Å². The van der Waals surface area contributed by atoms with Crippen molar-refractivity contribution in [3.05, 3.63) is 0 Å². The lowest BCUT2D eigenvalue weighted by molar-refractivity contribution is -0.127. The molecule has 124 valence electrons. The number of carbonyl (C=O) groups is 1. The van der Waals surface area contributed by atoms with Crippen LogP contribution in [0.4, 0.5) is 0 Å². The molecule has 1 aliphatic rings. The van der Waals surface area contributed by atoms with Gasteiger partial charge >= 0.3 is 0 Å². The predicted octanol–water partition coefficient (Wildman–Crippen LogP) is 2.39. The summed E-state index contributed by atoms with van der Waals surface area (Å²) in [7, 11) is 0. The van der Waals surface area contributed by atoms with Crippen molar-refractivity contribution < 1.29 is 4.79 Å². The molecule has 0 aliphatic carbocycles. The van der Waals surface area contributed by atoms with Crippen molar-refractivity contribution in [2.24, 2.45) is 5.92 Å². The molecule has 1 rings (SSSR count). The van der Waals surface area contributed by atoms with Crippen LogP contribution in [0.3, 0.4) is 0 Å². The maximum absolute atomic E-state index is 12.3. The van der Waals surface area contributed by atoms with E-state index in [2.05, 4.69) is 50.2 Å². The highest BCUT2D eigenvalue weighted by atomic mass is 16.2. The average molecular weight is 297 g/mol. The van der Waals surface area contributed by atoms with Crippen LogP contribution in [-0.2, 0) is 4.79 Å². The van der Waals surface area contributed by atoms with Gasteiger partial charge in [0.2, 0.25) is 5.91 Å². The molecule has 1 heterocycles. The summed E-state index contributed by atoms with van der Waals surface area (Å²) in [5.41, 5.74) is 0. The number of likely N-dealkylation sites (tertiary alicyclic amines) is 1. The highest BCUT2D eigenvalue weighted by molar-refractivity contribution is 5.81. The summed E-state index contributed by atoms with van der Waals surface area (Å²) in [5, 5.41) is 6.62. The van der Waals surface area contributed by atoms with Crippen LogP contribution in [0.5, 0.6) is 0 Å². The third-order valence-electron chi connectivity index (χ3n) is 4.33. The van der Waals surface area contributed by atoms with Crippen molar-refractivity contribution in [2.75, 3.05) is 19.6 Å². The predicted molar refractivity (Wildman–Crippen MR) is 89.4 cm³/mol. The van der Waals surface area contributed by atoms with E-state index in [0.717, 1.165) is 26.1 Å². The molecule has 0 aromatic heterocycles. The normalized spacial score (nSPS) is 21.8. The Labute approximate surface area is 131 Å². The largest absolute Gasteiger partial charge is 0.355 e. The summed E-state index contributed by atoms with van der Waals surface area (Å²) in [5.74, 6) is 0.825. The number of amides is 1. The fourth-order valence-corrected chi connectivity index (χ4v) is 2.91. The van der Waals surface area contributed by atoms with Crippen molar-refractivity contribution >= 4 is 5.91 Å². The minimum Gasteiger partial charge on any atom is -0.355 e. The van der Waals surface area contributed by atoms with E-state index in [9.17, 15) is 4.79 Å². The van der Waals surface area contributed by atoms with Gasteiger partial charge in [-0.3, -0.25) is 9.69 Å². The zero-order chi connectivity index (χ0) is 15.8. The Bertz CT molecular complexity index is 304. The maximum Gasteiger partial charge on any atom is 0.237 e. The first-order valence-electron chi connectivity index (χ1n) is 8.68. The monoisotopic (exact) mass is 297 g/mol. The van der Waals surface area contributed by atoms with Crippen LogP contribution >= 0.6 is 0 Å². The van der Waals surface area contributed by atoms with Gasteiger partial charge in [-0.25, -0.2) is 0 Å². The Morgan fingerprint density at radius 2 is 1.90 bits per heavy atom. The molecule has 1 amide bonds. The molecule has 0 spiro atoms. The van der Waals surface area contributed by atoms with Gasteiger partial charge in [-0.15, -0.1) is 0 Å². The van der Waals surface area contributed by atoms with Crippen LogP contribution in [-0.4, -0.2) is 48.6 Å². The summed E-state index contributed by atoms with van der Waals surface area (Å²) in [6, 6.07) is 0.979. The highest BCUT2D eigenvalue weighted by Crippen LogP contribution is 2.19. The van der Waals surface area contributed by atoms with Crippen molar-refractivity contribution in [1.82, 2.24) is 15.5 Å². The van der Waals surface area contributed by atoms with Crippen molar-refractivity contribution in [2.45, 2.75) is 78.4 Å². The molecule has 2 N–H and O–H groups in total. The van der Waals surface area contributed by atoms with Crippen LogP contribution in [0.25, 0.3) is 0 Å². The summed E-state index contributed by atoms with van der Waals surface area (Å²) in [6.45, 7) is 13.6. The van der Waals surface area contributed by atoms with Crippen LogP contribution in [0, 0.1) is 5.92 Å². The standard InChI is InChI=1S/C17H35N3O/c1-13(2)9-10-18-17(21)15(5)20-11-7-6-8-16(20)12-19-14(3)4/h13-16,19H,6-12H2,1-5H3,(H,18,21). The van der Waals surface area contributed by atoms with Gasteiger partial charge < -0.3 is 10.6 Å². The number of carbonyl (C=O) groups excluding carboxylic acids is 1. The molecule has 2 atom stereocenters. The van der Waals surface area contributed by atoms with E-state index in [-0.39, 0.29) is 11.9 Å². The number of piperidine rings is 1. The Hall–Kier alpha value is -0.610. The molecule has 0 saturated carbocycles. The molecule has 0 aromatic carbocycles. The summed E-state index contributed by atoms with van der Waals surface area (Å²) < 4.78 is 0. The molecule has 21 heavy (non-hydrogen) atoms. The smallest absolute Gasteiger partial charge is 0.237 e. The van der Waals surface area contributed by atoms with Crippen molar-refractivity contribution in [1.29, 1.82) is 0 Å². The molecule has 1 fully saturated rings. The summed E-state index contributed by atoms with van der Waals surface area (Å²) in [6.07, 6.45) is 4.74. The number of nitrogens with one attached hydrogen (secondary N) is 2. The van der Waals surface area contributed by atoms with E-state index in [1.54, 1.807) is 0 Å². The fourth-order valence-electron chi connectivity index (χ4n) is 2.91. The van der Waals surface area contributed by atoms with Gasteiger partial charge in [0.05, 0.1) is 6.04 Å². The molecule has 1 saturated heterocycles. The van der Waals surface area contributed by atoms with E-state index in [4.69, 9.17) is 0 Å². The first kappa shape index (κ1) is 18.4. The molecule has 0 bridgehead atoms. The SMILES string of the molecule is CC(C)CCNC(=O)C(C)N1CCCCC1CNC(C)C. The van der Waals surface area contributed by atoms with Crippen LogP contribution in [0.1, 0.15) is 60.3 Å². The van der Waals surface area contributed by atoms with E-state index in [0.29, 0.717) is 18.0 Å². The Morgan fingerprint density at radius 3 is 2.52 bits per heavy atom. The van der Waals surface area contributed by atoms with Gasteiger partial charge in [0.15, 0.2) is 0 Å². The molecule has 0 radical (unpaired) electrons. The minimum absolute atomic E-state index is 0.0172. The fraction of sp³-hybridized carbons (Fsp3) is 0.941. The van der Waals surface area contributed by atoms with Gasteiger partial charge in [0.25, 0.3) is 0 Å². The number of hydrogen-bond acceptors (Lipinski definition) is 3. The molecule has 1 aliphatic heterocycles. The zero-order valence-electron chi connectivity index (χ0n) is 14.6. The van der Waals surface area contributed by atoms with Gasteiger partial charge in [-0.1, -0.05) is 34.1 Å². The van der Waals surface area contributed by atoms with Gasteiger partial charge in [0, 0.05) is 25.2 Å². The van der Waals surface area contributed by atoms with Crippen molar-refractivity contribution in [3.63, 3.8) is 0 Å². The minimum atomic E-state index is -0.0172. The second kappa shape index (κ2) is 9.42. The average Bonchev–Trinajstić information content (AvgIpc) is 2.44. The van der Waals surface area contributed by atoms with E-state index >= 15 is 0 Å².